The number of Topliss-reactive ketones (excluding diaryl/α,β-unsaturated/α-hetero) is 1. The summed E-state index contributed by atoms with van der Waals surface area (Å²) in [6, 6.07) is -0.335. The monoisotopic (exact) mass is 383 g/mol. The lowest BCUT2D eigenvalue weighted by Crippen LogP contribution is -2.35. The first kappa shape index (κ1) is 22.3. The Morgan fingerprint density at radius 2 is 1.63 bits per heavy atom. The lowest BCUT2D eigenvalue weighted by Gasteiger charge is -2.17. The number of aliphatic hydroxyl groups excluding tert-OH is 2. The Bertz CT molecular complexity index is 711. The molecule has 27 heavy (non-hydrogen) atoms. The minimum Gasteiger partial charge on any atom is -0.481 e. The third-order valence-electron chi connectivity index (χ3n) is 4.08. The first-order valence-corrected chi connectivity index (χ1v) is 8.33. The number of anilines is 2. The van der Waals surface area contributed by atoms with E-state index in [2.05, 4.69) is 15.3 Å². The maximum Gasteiger partial charge on any atom is 0.309 e. The van der Waals surface area contributed by atoms with Gasteiger partial charge in [0.15, 0.2) is 28.8 Å². The molecule has 0 aromatic carbocycles. The second kappa shape index (κ2) is 9.78. The minimum atomic E-state index is -1.22. The van der Waals surface area contributed by atoms with Gasteiger partial charge in [-0.1, -0.05) is 6.92 Å². The molecule has 3 atom stereocenters. The summed E-state index contributed by atoms with van der Waals surface area (Å²) < 4.78 is 0. The number of nitrogens with zero attached hydrogens (tertiary/aromatic N) is 2. The minimum absolute atomic E-state index is 0.110. The molecule has 1 amide bonds. The number of aromatic nitrogens is 2. The number of nitrogen functional groups attached to an aromatic ring is 2. The molecule has 0 fully saturated rings. The molecule has 0 saturated carbocycles. The molecule has 8 N–H and O–H groups in total. The van der Waals surface area contributed by atoms with Gasteiger partial charge in [-0.3, -0.25) is 14.4 Å². The van der Waals surface area contributed by atoms with Crippen molar-refractivity contribution in [2.24, 2.45) is 11.8 Å². The van der Waals surface area contributed by atoms with Crippen molar-refractivity contribution < 1.29 is 29.7 Å². The average Bonchev–Trinajstić information content (AvgIpc) is 2.56. The van der Waals surface area contributed by atoms with Crippen LogP contribution in [-0.4, -0.2) is 62.2 Å². The van der Waals surface area contributed by atoms with Gasteiger partial charge in [-0.15, -0.1) is 0 Å². The molecule has 1 aromatic rings. The summed E-state index contributed by atoms with van der Waals surface area (Å²) in [6.07, 6.45) is 0.0908. The molecule has 0 unspecified atom stereocenters. The van der Waals surface area contributed by atoms with Gasteiger partial charge in [0.05, 0.1) is 12.5 Å². The summed E-state index contributed by atoms with van der Waals surface area (Å²) in [5, 5.41) is 29.6. The van der Waals surface area contributed by atoms with Crippen LogP contribution < -0.4 is 16.8 Å². The van der Waals surface area contributed by atoms with Gasteiger partial charge in [-0.25, -0.2) is 9.97 Å². The Kier molecular flexibility index (Phi) is 8.06. The molecule has 0 aliphatic carbocycles. The number of aliphatic hydroxyl groups is 2. The predicted octanol–water partition coefficient (Wildman–Crippen LogP) is -0.956. The highest BCUT2D eigenvalue weighted by Gasteiger charge is 2.28. The second-order valence-corrected chi connectivity index (χ2v) is 6.31. The van der Waals surface area contributed by atoms with E-state index in [-0.39, 0.29) is 42.1 Å². The standard InChI is InChI=1S/C16H25N5O6/c1-7(9(6-23)16(26)27)5-10(24)11-13(17)21-12(14(18)20-11)15(25)19-8(2)3-4-22/h7-9,22-23H,3-6H2,1-2H3,(H2,17,21)(H2,18,20)(H,19,25)(H,26,27)/t7-,8+,9+/m1/s1. The van der Waals surface area contributed by atoms with Crippen molar-refractivity contribution in [3.05, 3.63) is 11.4 Å². The molecular weight excluding hydrogens is 358 g/mol. The number of carbonyl (C=O) groups excluding carboxylic acids is 2. The van der Waals surface area contributed by atoms with Crippen LogP contribution in [0.2, 0.25) is 0 Å². The van der Waals surface area contributed by atoms with Crippen LogP contribution in [0.5, 0.6) is 0 Å². The molecule has 11 nitrogen and oxygen atoms in total. The van der Waals surface area contributed by atoms with Gasteiger partial charge in [-0.05, 0) is 19.3 Å². The number of aliphatic carboxylic acids is 1. The Morgan fingerprint density at radius 1 is 1.07 bits per heavy atom. The maximum atomic E-state index is 12.4. The van der Waals surface area contributed by atoms with E-state index in [1.807, 2.05) is 0 Å². The van der Waals surface area contributed by atoms with Crippen LogP contribution >= 0.6 is 0 Å². The largest absolute Gasteiger partial charge is 0.481 e. The van der Waals surface area contributed by atoms with E-state index >= 15 is 0 Å². The molecule has 11 heteroatoms. The van der Waals surface area contributed by atoms with Crippen LogP contribution in [-0.2, 0) is 4.79 Å². The van der Waals surface area contributed by atoms with Crippen molar-refractivity contribution in [3.63, 3.8) is 0 Å². The van der Waals surface area contributed by atoms with Crippen LogP contribution in [0.4, 0.5) is 11.6 Å². The number of carbonyl (C=O) groups is 3. The van der Waals surface area contributed by atoms with E-state index in [0.717, 1.165) is 0 Å². The van der Waals surface area contributed by atoms with Crippen molar-refractivity contribution in [2.45, 2.75) is 32.7 Å². The first-order valence-electron chi connectivity index (χ1n) is 8.33. The van der Waals surface area contributed by atoms with Gasteiger partial charge >= 0.3 is 5.97 Å². The van der Waals surface area contributed by atoms with Crippen LogP contribution in [0.3, 0.4) is 0 Å². The van der Waals surface area contributed by atoms with Crippen molar-refractivity contribution in [2.75, 3.05) is 24.7 Å². The molecule has 0 saturated heterocycles. The third kappa shape index (κ3) is 5.86. The van der Waals surface area contributed by atoms with E-state index < -0.39 is 36.1 Å². The van der Waals surface area contributed by atoms with Gasteiger partial charge in [0.1, 0.15) is 0 Å². The molecule has 150 valence electrons. The van der Waals surface area contributed by atoms with Crippen LogP contribution in [0.1, 0.15) is 47.7 Å². The predicted molar refractivity (Wildman–Crippen MR) is 95.8 cm³/mol. The fourth-order valence-electron chi connectivity index (χ4n) is 2.42. The summed E-state index contributed by atoms with van der Waals surface area (Å²) in [5.41, 5.74) is 10.9. The summed E-state index contributed by atoms with van der Waals surface area (Å²) >= 11 is 0. The zero-order valence-corrected chi connectivity index (χ0v) is 15.2. The maximum absolute atomic E-state index is 12.4. The Balaban J connectivity index is 2.98. The second-order valence-electron chi connectivity index (χ2n) is 6.31. The van der Waals surface area contributed by atoms with Gasteiger partial charge in [0.2, 0.25) is 0 Å². The van der Waals surface area contributed by atoms with E-state index in [0.29, 0.717) is 6.42 Å². The Hall–Kier alpha value is -2.79. The average molecular weight is 383 g/mol. The number of carboxylic acid groups (broad SMARTS) is 1. The van der Waals surface area contributed by atoms with Crippen LogP contribution in [0, 0.1) is 11.8 Å². The van der Waals surface area contributed by atoms with Crippen molar-refractivity contribution >= 4 is 29.3 Å². The zero-order valence-electron chi connectivity index (χ0n) is 15.2. The molecule has 1 aromatic heterocycles. The normalized spacial score (nSPS) is 14.2. The van der Waals surface area contributed by atoms with Gasteiger partial charge < -0.3 is 32.1 Å². The van der Waals surface area contributed by atoms with Crippen LogP contribution in [0.25, 0.3) is 0 Å². The fourth-order valence-corrected chi connectivity index (χ4v) is 2.42. The lowest BCUT2D eigenvalue weighted by molar-refractivity contribution is -0.144. The smallest absolute Gasteiger partial charge is 0.309 e. The van der Waals surface area contributed by atoms with E-state index in [1.165, 1.54) is 6.92 Å². The quantitative estimate of drug-likeness (QED) is 0.273. The highest BCUT2D eigenvalue weighted by Crippen LogP contribution is 2.21. The highest BCUT2D eigenvalue weighted by atomic mass is 16.4. The molecule has 0 aliphatic heterocycles. The highest BCUT2D eigenvalue weighted by molar-refractivity contribution is 6.02. The Morgan fingerprint density at radius 3 is 2.15 bits per heavy atom. The molecule has 0 radical (unpaired) electrons. The van der Waals surface area contributed by atoms with Crippen molar-refractivity contribution in [1.82, 2.24) is 15.3 Å². The van der Waals surface area contributed by atoms with E-state index in [4.69, 9.17) is 26.8 Å². The van der Waals surface area contributed by atoms with Crippen molar-refractivity contribution in [3.8, 4) is 0 Å². The number of hydrogen-bond donors (Lipinski definition) is 6. The number of nitrogens with two attached hydrogens (primary N) is 2. The molecular formula is C16H25N5O6. The fraction of sp³-hybridized carbons (Fsp3) is 0.562. The molecule has 1 rings (SSSR count). The number of hydrogen-bond acceptors (Lipinski definition) is 9. The molecule has 1 heterocycles. The first-order chi connectivity index (χ1) is 12.6. The summed E-state index contributed by atoms with van der Waals surface area (Å²) in [7, 11) is 0. The summed E-state index contributed by atoms with van der Waals surface area (Å²) in [4.78, 5) is 43.3. The van der Waals surface area contributed by atoms with Crippen molar-refractivity contribution in [1.29, 1.82) is 0 Å². The lowest BCUT2D eigenvalue weighted by atomic mass is 9.89. The summed E-state index contributed by atoms with van der Waals surface area (Å²) in [6.45, 7) is 2.46. The van der Waals surface area contributed by atoms with E-state index in [9.17, 15) is 14.4 Å². The Labute approximate surface area is 155 Å². The molecule has 0 aliphatic rings. The zero-order chi connectivity index (χ0) is 20.7. The van der Waals surface area contributed by atoms with E-state index in [1.54, 1.807) is 6.92 Å². The molecule has 0 bridgehead atoms. The number of amides is 1. The topological polar surface area (TPSA) is 202 Å². The van der Waals surface area contributed by atoms with Gasteiger partial charge in [0, 0.05) is 19.1 Å². The number of nitrogens with one attached hydrogen (secondary N) is 1. The van der Waals surface area contributed by atoms with Gasteiger partial charge in [0.25, 0.3) is 5.91 Å². The SMILES string of the molecule is C[C@H](CC(=O)c1nc(N)c(C(=O)N[C@@H](C)CCO)nc1N)[C@H](CO)C(=O)O. The number of ketones is 1. The number of rotatable bonds is 10. The third-order valence-corrected chi connectivity index (χ3v) is 4.08. The number of carboxylic acids is 1. The van der Waals surface area contributed by atoms with Crippen LogP contribution in [0.15, 0.2) is 0 Å². The molecule has 0 spiro atoms. The van der Waals surface area contributed by atoms with Gasteiger partial charge in [-0.2, -0.15) is 0 Å². The summed E-state index contributed by atoms with van der Waals surface area (Å²) in [5.74, 6) is -4.86.